The van der Waals surface area contributed by atoms with Crippen molar-refractivity contribution in [2.45, 2.75) is 10.8 Å². The Balaban J connectivity index is 1.66. The molecule has 0 unspecified atom stereocenters. The molecule has 0 saturated carbocycles. The molecule has 3 aromatic rings. The number of aromatic nitrogens is 2. The first kappa shape index (κ1) is 15.4. The number of ether oxygens (including phenoxy) is 1. The maximum Gasteiger partial charge on any atom is 0.220 e. The van der Waals surface area contributed by atoms with E-state index in [0.29, 0.717) is 19.0 Å². The van der Waals surface area contributed by atoms with Gasteiger partial charge >= 0.3 is 0 Å². The van der Waals surface area contributed by atoms with Gasteiger partial charge < -0.3 is 4.74 Å². The van der Waals surface area contributed by atoms with Gasteiger partial charge in [-0.15, -0.1) is 23.1 Å². The maximum absolute atomic E-state index is 5.62. The second-order valence-corrected chi connectivity index (χ2v) is 7.11. The monoisotopic (exact) mass is 353 g/mol. The molecule has 0 radical (unpaired) electrons. The van der Waals surface area contributed by atoms with Crippen LogP contribution < -0.4 is 0 Å². The highest BCUT2D eigenvalue weighted by Gasteiger charge is 2.18. The van der Waals surface area contributed by atoms with Crippen LogP contribution >= 0.6 is 23.1 Å². The van der Waals surface area contributed by atoms with Crippen LogP contribution in [0, 0.1) is 0 Å². The van der Waals surface area contributed by atoms with Gasteiger partial charge in [-0.2, -0.15) is 0 Å². The summed E-state index contributed by atoms with van der Waals surface area (Å²) in [6.45, 7) is 1.33. The number of nitrogens with zero attached hydrogens (tertiary/aromatic N) is 3. The summed E-state index contributed by atoms with van der Waals surface area (Å²) in [6.07, 6.45) is 1.83. The lowest BCUT2D eigenvalue weighted by Crippen LogP contribution is -2.06. The zero-order valence-electron chi connectivity index (χ0n) is 12.9. The standard InChI is InChI=1S/C18H15N3OS2/c1-2-5-13(6-3-1)12-24-18-14(17-19-8-9-22-17)11-20-16(21-18)15-7-4-10-23-15/h1-7,10-11H,8-9,12H2. The van der Waals surface area contributed by atoms with E-state index in [1.54, 1.807) is 23.1 Å². The summed E-state index contributed by atoms with van der Waals surface area (Å²) in [7, 11) is 0. The Kier molecular flexibility index (Phi) is 4.57. The molecule has 4 nitrogen and oxygen atoms in total. The summed E-state index contributed by atoms with van der Waals surface area (Å²) in [5.74, 6) is 2.26. The van der Waals surface area contributed by atoms with Gasteiger partial charge in [0.15, 0.2) is 5.82 Å². The molecule has 0 saturated heterocycles. The van der Waals surface area contributed by atoms with E-state index in [0.717, 1.165) is 27.0 Å². The van der Waals surface area contributed by atoms with E-state index in [-0.39, 0.29) is 0 Å². The van der Waals surface area contributed by atoms with Crippen molar-refractivity contribution in [1.29, 1.82) is 0 Å². The predicted molar refractivity (Wildman–Crippen MR) is 98.7 cm³/mol. The molecule has 0 spiro atoms. The zero-order chi connectivity index (χ0) is 16.2. The van der Waals surface area contributed by atoms with Gasteiger partial charge in [-0.25, -0.2) is 15.0 Å². The Bertz CT molecular complexity index is 848. The molecule has 4 rings (SSSR count). The number of hydrogen-bond acceptors (Lipinski definition) is 6. The molecule has 1 aliphatic rings. The van der Waals surface area contributed by atoms with Crippen LogP contribution in [0.2, 0.25) is 0 Å². The van der Waals surface area contributed by atoms with E-state index < -0.39 is 0 Å². The average molecular weight is 353 g/mol. The zero-order valence-corrected chi connectivity index (χ0v) is 14.5. The first-order valence-electron chi connectivity index (χ1n) is 7.65. The van der Waals surface area contributed by atoms with Gasteiger partial charge in [0, 0.05) is 11.9 Å². The fourth-order valence-electron chi connectivity index (χ4n) is 2.37. The van der Waals surface area contributed by atoms with Crippen LogP contribution in [0.5, 0.6) is 0 Å². The summed E-state index contributed by atoms with van der Waals surface area (Å²) >= 11 is 3.33. The Labute approximate surface area is 148 Å². The quantitative estimate of drug-likeness (QED) is 0.507. The molecule has 1 aliphatic heterocycles. The lowest BCUT2D eigenvalue weighted by Gasteiger charge is -2.09. The minimum Gasteiger partial charge on any atom is -0.475 e. The second kappa shape index (κ2) is 7.15. The smallest absolute Gasteiger partial charge is 0.220 e. The summed E-state index contributed by atoms with van der Waals surface area (Å²) in [6, 6.07) is 14.4. The van der Waals surface area contributed by atoms with Crippen molar-refractivity contribution in [2.75, 3.05) is 13.2 Å². The predicted octanol–water partition coefficient (Wildman–Crippen LogP) is 4.27. The number of hydrogen-bond donors (Lipinski definition) is 0. The summed E-state index contributed by atoms with van der Waals surface area (Å²) < 4.78 is 5.62. The lowest BCUT2D eigenvalue weighted by molar-refractivity contribution is 0.347. The van der Waals surface area contributed by atoms with Crippen LogP contribution in [-0.2, 0) is 10.5 Å². The fraction of sp³-hybridized carbons (Fsp3) is 0.167. The summed E-state index contributed by atoms with van der Waals surface area (Å²) in [4.78, 5) is 14.8. The topological polar surface area (TPSA) is 47.4 Å². The Morgan fingerprint density at radius 2 is 2.04 bits per heavy atom. The molecule has 120 valence electrons. The molecule has 0 bridgehead atoms. The SMILES string of the molecule is c1ccc(CSc2nc(-c3cccs3)ncc2C2=NCCO2)cc1. The first-order valence-corrected chi connectivity index (χ1v) is 9.52. The molecule has 0 fully saturated rings. The van der Waals surface area contributed by atoms with E-state index in [2.05, 4.69) is 34.2 Å². The van der Waals surface area contributed by atoms with Gasteiger partial charge in [0.2, 0.25) is 5.90 Å². The van der Waals surface area contributed by atoms with Crippen molar-refractivity contribution < 1.29 is 4.74 Å². The lowest BCUT2D eigenvalue weighted by atomic mass is 10.2. The van der Waals surface area contributed by atoms with Crippen molar-refractivity contribution in [1.82, 2.24) is 9.97 Å². The van der Waals surface area contributed by atoms with Gasteiger partial charge in [0.25, 0.3) is 0 Å². The van der Waals surface area contributed by atoms with Crippen molar-refractivity contribution in [3.63, 3.8) is 0 Å². The molecule has 3 heterocycles. The fourth-order valence-corrected chi connectivity index (χ4v) is 3.98. The highest BCUT2D eigenvalue weighted by Crippen LogP contribution is 2.29. The second-order valence-electron chi connectivity index (χ2n) is 5.20. The minimum atomic E-state index is 0.630. The van der Waals surface area contributed by atoms with Gasteiger partial charge in [0.05, 0.1) is 17.0 Å². The molecule has 0 amide bonds. The molecule has 24 heavy (non-hydrogen) atoms. The van der Waals surface area contributed by atoms with Crippen molar-refractivity contribution >= 4 is 29.0 Å². The number of benzene rings is 1. The number of aliphatic imine (C=N–C) groups is 1. The van der Waals surface area contributed by atoms with E-state index in [4.69, 9.17) is 9.72 Å². The van der Waals surface area contributed by atoms with Crippen LogP contribution in [0.3, 0.4) is 0 Å². The van der Waals surface area contributed by atoms with E-state index in [1.807, 2.05) is 29.8 Å². The molecule has 1 aromatic carbocycles. The number of rotatable bonds is 5. The molecular formula is C18H15N3OS2. The molecule has 6 heteroatoms. The Morgan fingerprint density at radius 1 is 1.12 bits per heavy atom. The number of thioether (sulfide) groups is 1. The Hall–Kier alpha value is -2.18. The van der Waals surface area contributed by atoms with E-state index >= 15 is 0 Å². The normalized spacial score (nSPS) is 13.6. The van der Waals surface area contributed by atoms with E-state index in [9.17, 15) is 0 Å². The van der Waals surface area contributed by atoms with Crippen molar-refractivity contribution in [3.8, 4) is 10.7 Å². The van der Waals surface area contributed by atoms with Crippen LogP contribution in [0.15, 0.2) is 64.1 Å². The maximum atomic E-state index is 5.62. The molecule has 2 aromatic heterocycles. The summed E-state index contributed by atoms with van der Waals surface area (Å²) in [5, 5.41) is 2.95. The van der Waals surface area contributed by atoms with Gasteiger partial charge in [-0.1, -0.05) is 36.4 Å². The minimum absolute atomic E-state index is 0.630. The van der Waals surface area contributed by atoms with Crippen LogP contribution in [-0.4, -0.2) is 29.0 Å². The van der Waals surface area contributed by atoms with E-state index in [1.165, 1.54) is 5.56 Å². The first-order chi connectivity index (χ1) is 11.9. The molecule has 0 aliphatic carbocycles. The van der Waals surface area contributed by atoms with Crippen LogP contribution in [0.25, 0.3) is 10.7 Å². The Morgan fingerprint density at radius 3 is 2.79 bits per heavy atom. The third-order valence-corrected chi connectivity index (χ3v) is 5.46. The van der Waals surface area contributed by atoms with Crippen LogP contribution in [0.4, 0.5) is 0 Å². The molecule has 0 atom stereocenters. The summed E-state index contributed by atoms with van der Waals surface area (Å²) in [5.41, 5.74) is 2.15. The van der Waals surface area contributed by atoms with Gasteiger partial charge in [0.1, 0.15) is 11.6 Å². The van der Waals surface area contributed by atoms with Gasteiger partial charge in [-0.3, -0.25) is 0 Å². The molecule has 0 N–H and O–H groups in total. The highest BCUT2D eigenvalue weighted by atomic mass is 32.2. The largest absolute Gasteiger partial charge is 0.475 e. The third kappa shape index (κ3) is 3.34. The van der Waals surface area contributed by atoms with Crippen LogP contribution in [0.1, 0.15) is 11.1 Å². The van der Waals surface area contributed by atoms with Crippen molar-refractivity contribution in [3.05, 3.63) is 65.2 Å². The average Bonchev–Trinajstić information content (AvgIpc) is 3.34. The third-order valence-electron chi connectivity index (χ3n) is 3.53. The highest BCUT2D eigenvalue weighted by molar-refractivity contribution is 7.98. The van der Waals surface area contributed by atoms with Crippen molar-refractivity contribution in [2.24, 2.45) is 4.99 Å². The molecular weight excluding hydrogens is 338 g/mol. The number of thiophene rings is 1. The van der Waals surface area contributed by atoms with Gasteiger partial charge in [-0.05, 0) is 17.0 Å².